The molecule has 0 unspecified atom stereocenters. The Balaban J connectivity index is 0.00000261. The number of aryl methyl sites for hydroxylation is 2. The van der Waals surface area contributed by atoms with Gasteiger partial charge in [0.1, 0.15) is 12.3 Å². The average Bonchev–Trinajstić information content (AvgIpc) is 3.00. The molecule has 0 bridgehead atoms. The lowest BCUT2D eigenvalue weighted by Gasteiger charge is -2.36. The minimum absolute atomic E-state index is 0. The normalized spacial score (nSPS) is 15.0. The molecule has 0 atom stereocenters. The first-order valence-corrected chi connectivity index (χ1v) is 9.45. The van der Waals surface area contributed by atoms with Crippen LogP contribution in [0.15, 0.2) is 33.7 Å². The predicted octanol–water partition coefficient (Wildman–Crippen LogP) is 3.84. The highest BCUT2D eigenvalue weighted by Crippen LogP contribution is 2.19. The average molecular weight is 504 g/mol. The second kappa shape index (κ2) is 10.2. The van der Waals surface area contributed by atoms with Crippen LogP contribution >= 0.6 is 35.6 Å². The van der Waals surface area contributed by atoms with E-state index in [0.717, 1.165) is 61.4 Å². The molecular formula is C19H27ClIN5O. The molecule has 1 aromatic heterocycles. The first kappa shape index (κ1) is 21.8. The van der Waals surface area contributed by atoms with Gasteiger partial charge in [-0.2, -0.15) is 0 Å². The van der Waals surface area contributed by atoms with E-state index in [9.17, 15) is 0 Å². The molecule has 1 saturated heterocycles. The minimum Gasteiger partial charge on any atom is -0.443 e. The molecule has 0 saturated carbocycles. The topological polar surface area (TPSA) is 70.9 Å². The summed E-state index contributed by atoms with van der Waals surface area (Å²) in [6.45, 7) is 7.99. The van der Waals surface area contributed by atoms with Crippen molar-refractivity contribution in [3.05, 3.63) is 46.6 Å². The number of rotatable bonds is 5. The molecule has 2 N–H and O–H groups in total. The van der Waals surface area contributed by atoms with Gasteiger partial charge in [0.2, 0.25) is 0 Å². The van der Waals surface area contributed by atoms with Gasteiger partial charge in [0.05, 0.1) is 5.69 Å². The van der Waals surface area contributed by atoms with E-state index in [1.807, 2.05) is 19.1 Å². The fourth-order valence-corrected chi connectivity index (χ4v) is 3.18. The summed E-state index contributed by atoms with van der Waals surface area (Å²) in [5.41, 5.74) is 8.28. The maximum absolute atomic E-state index is 6.19. The molecule has 0 spiro atoms. The summed E-state index contributed by atoms with van der Waals surface area (Å²) in [6.07, 6.45) is 1.87. The number of nitrogens with zero attached hydrogens (tertiary/aromatic N) is 4. The van der Waals surface area contributed by atoms with E-state index in [1.165, 1.54) is 5.69 Å². The Morgan fingerprint density at radius 3 is 2.52 bits per heavy atom. The van der Waals surface area contributed by atoms with Gasteiger partial charge in [0, 0.05) is 43.3 Å². The van der Waals surface area contributed by atoms with Gasteiger partial charge in [-0.15, -0.1) is 24.0 Å². The molecule has 2 aromatic rings. The van der Waals surface area contributed by atoms with Gasteiger partial charge in [-0.25, -0.2) is 9.98 Å². The smallest absolute Gasteiger partial charge is 0.194 e. The zero-order valence-corrected chi connectivity index (χ0v) is 18.9. The Bertz CT molecular complexity index is 754. The third-order valence-electron chi connectivity index (χ3n) is 4.58. The number of hydrogen-bond donors (Lipinski definition) is 1. The number of oxazole rings is 1. The molecule has 148 valence electrons. The molecule has 0 aliphatic carbocycles. The molecule has 1 aliphatic rings. The van der Waals surface area contributed by atoms with E-state index >= 15 is 0 Å². The second-order valence-corrected chi connectivity index (χ2v) is 6.93. The van der Waals surface area contributed by atoms with Crippen molar-refractivity contribution in [2.75, 3.05) is 31.1 Å². The van der Waals surface area contributed by atoms with Crippen molar-refractivity contribution in [1.82, 2.24) is 9.88 Å². The van der Waals surface area contributed by atoms with Gasteiger partial charge < -0.3 is 20.0 Å². The van der Waals surface area contributed by atoms with Crippen LogP contribution in [0.25, 0.3) is 0 Å². The van der Waals surface area contributed by atoms with Gasteiger partial charge in [-0.3, -0.25) is 0 Å². The van der Waals surface area contributed by atoms with Crippen molar-refractivity contribution in [1.29, 1.82) is 0 Å². The van der Waals surface area contributed by atoms with Crippen molar-refractivity contribution in [2.24, 2.45) is 10.7 Å². The number of aliphatic imine (C=N–C) groups is 1. The molecular weight excluding hydrogens is 477 g/mol. The van der Waals surface area contributed by atoms with E-state index < -0.39 is 0 Å². The highest BCUT2D eigenvalue weighted by Gasteiger charge is 2.19. The minimum atomic E-state index is 0. The number of benzene rings is 1. The SMILES string of the molecule is CCCc1nc(C)c(CN=C(N)N2CCN(c3ccc(Cl)cc3)CC2)o1.I. The van der Waals surface area contributed by atoms with Crippen LogP contribution in [0.2, 0.25) is 5.02 Å². The van der Waals surface area contributed by atoms with Crippen LogP contribution in [0.3, 0.4) is 0 Å². The summed E-state index contributed by atoms with van der Waals surface area (Å²) < 4.78 is 5.77. The summed E-state index contributed by atoms with van der Waals surface area (Å²) >= 11 is 5.96. The summed E-state index contributed by atoms with van der Waals surface area (Å²) in [4.78, 5) is 13.4. The number of guanidine groups is 1. The first-order chi connectivity index (χ1) is 12.6. The van der Waals surface area contributed by atoms with Crippen molar-refractivity contribution >= 4 is 47.2 Å². The Hall–Kier alpha value is -1.48. The summed E-state index contributed by atoms with van der Waals surface area (Å²) in [5, 5.41) is 0.758. The van der Waals surface area contributed by atoms with E-state index in [1.54, 1.807) is 0 Å². The van der Waals surface area contributed by atoms with Crippen molar-refractivity contribution < 1.29 is 4.42 Å². The lowest BCUT2D eigenvalue weighted by molar-refractivity contribution is 0.379. The molecule has 1 aliphatic heterocycles. The Kier molecular flexibility index (Phi) is 8.22. The quantitative estimate of drug-likeness (QED) is 0.381. The molecule has 8 heteroatoms. The van der Waals surface area contributed by atoms with Crippen molar-refractivity contribution in [2.45, 2.75) is 33.2 Å². The van der Waals surface area contributed by atoms with Gasteiger partial charge in [-0.05, 0) is 37.6 Å². The van der Waals surface area contributed by atoms with Gasteiger partial charge in [0.25, 0.3) is 0 Å². The largest absolute Gasteiger partial charge is 0.443 e. The van der Waals surface area contributed by atoms with Gasteiger partial charge in [-0.1, -0.05) is 18.5 Å². The molecule has 1 fully saturated rings. The van der Waals surface area contributed by atoms with Crippen molar-refractivity contribution in [3.8, 4) is 0 Å². The summed E-state index contributed by atoms with van der Waals surface area (Å²) in [7, 11) is 0. The predicted molar refractivity (Wildman–Crippen MR) is 121 cm³/mol. The lowest BCUT2D eigenvalue weighted by Crippen LogP contribution is -2.51. The van der Waals surface area contributed by atoms with Gasteiger partial charge >= 0.3 is 0 Å². The van der Waals surface area contributed by atoms with Crippen LogP contribution in [0.5, 0.6) is 0 Å². The third kappa shape index (κ3) is 5.75. The number of nitrogens with two attached hydrogens (primary N) is 1. The summed E-state index contributed by atoms with van der Waals surface area (Å²) in [6, 6.07) is 7.95. The third-order valence-corrected chi connectivity index (χ3v) is 4.83. The highest BCUT2D eigenvalue weighted by atomic mass is 127. The lowest BCUT2D eigenvalue weighted by atomic mass is 10.2. The van der Waals surface area contributed by atoms with E-state index in [4.69, 9.17) is 21.8 Å². The number of hydrogen-bond acceptors (Lipinski definition) is 4. The first-order valence-electron chi connectivity index (χ1n) is 9.07. The van der Waals surface area contributed by atoms with Crippen LogP contribution in [-0.2, 0) is 13.0 Å². The molecule has 27 heavy (non-hydrogen) atoms. The van der Waals surface area contributed by atoms with Crippen LogP contribution in [-0.4, -0.2) is 42.0 Å². The maximum Gasteiger partial charge on any atom is 0.194 e. The maximum atomic E-state index is 6.19. The molecule has 1 aromatic carbocycles. The Morgan fingerprint density at radius 2 is 1.89 bits per heavy atom. The van der Waals surface area contributed by atoms with Crippen LogP contribution in [0.4, 0.5) is 5.69 Å². The zero-order valence-electron chi connectivity index (χ0n) is 15.8. The number of aromatic nitrogens is 1. The second-order valence-electron chi connectivity index (χ2n) is 6.49. The van der Waals surface area contributed by atoms with E-state index in [0.29, 0.717) is 12.5 Å². The standard InChI is InChI=1S/C19H26ClN5O.HI/c1-3-4-18-23-14(2)17(26-18)13-22-19(21)25-11-9-24(10-12-25)16-7-5-15(20)6-8-16;/h5-8H,3-4,9-13H2,1-2H3,(H2,21,22);1H. The monoisotopic (exact) mass is 503 g/mol. The van der Waals surface area contributed by atoms with Crippen LogP contribution in [0.1, 0.15) is 30.7 Å². The molecule has 0 amide bonds. The molecule has 6 nitrogen and oxygen atoms in total. The summed E-state index contributed by atoms with van der Waals surface area (Å²) in [5.74, 6) is 2.15. The van der Waals surface area contributed by atoms with Crippen LogP contribution < -0.4 is 10.6 Å². The van der Waals surface area contributed by atoms with E-state index in [-0.39, 0.29) is 24.0 Å². The van der Waals surface area contributed by atoms with Gasteiger partial charge in [0.15, 0.2) is 11.9 Å². The Labute approximate surface area is 182 Å². The number of halogens is 2. The van der Waals surface area contributed by atoms with Crippen LogP contribution in [0, 0.1) is 6.92 Å². The molecule has 3 rings (SSSR count). The molecule has 0 radical (unpaired) electrons. The zero-order chi connectivity index (χ0) is 18.5. The number of piperazine rings is 1. The fraction of sp³-hybridized carbons (Fsp3) is 0.474. The highest BCUT2D eigenvalue weighted by molar-refractivity contribution is 14.0. The fourth-order valence-electron chi connectivity index (χ4n) is 3.05. The molecule has 2 heterocycles. The number of anilines is 1. The Morgan fingerprint density at radius 1 is 1.22 bits per heavy atom. The van der Waals surface area contributed by atoms with E-state index in [2.05, 4.69) is 38.8 Å². The van der Waals surface area contributed by atoms with Crippen molar-refractivity contribution in [3.63, 3.8) is 0 Å².